The fraction of sp³-hybridized carbons (Fsp3) is 0.329. The summed E-state index contributed by atoms with van der Waals surface area (Å²) >= 11 is 0. The third kappa shape index (κ3) is 19.1. The van der Waals surface area contributed by atoms with Gasteiger partial charge in [0.2, 0.25) is 0 Å². The van der Waals surface area contributed by atoms with Crippen molar-refractivity contribution in [3.05, 3.63) is 251 Å². The summed E-state index contributed by atoms with van der Waals surface area (Å²) in [6, 6.07) is 55.6. The van der Waals surface area contributed by atoms with Crippen molar-refractivity contribution in [3.8, 4) is 0 Å². The number of rotatable bonds is 30. The van der Waals surface area contributed by atoms with E-state index in [-0.39, 0.29) is 45.6 Å². The van der Waals surface area contributed by atoms with E-state index in [0.717, 1.165) is 38.5 Å². The lowest BCUT2D eigenvalue weighted by Gasteiger charge is -2.49. The van der Waals surface area contributed by atoms with Gasteiger partial charge in [-0.3, -0.25) is 0 Å². The van der Waals surface area contributed by atoms with Crippen LogP contribution in [0, 0.1) is 0 Å². The van der Waals surface area contributed by atoms with Crippen molar-refractivity contribution in [3.63, 3.8) is 0 Å². The average Bonchev–Trinajstić information content (AvgIpc) is 0.808. The van der Waals surface area contributed by atoms with Gasteiger partial charge in [0.15, 0.2) is 43.1 Å². The van der Waals surface area contributed by atoms with Gasteiger partial charge < -0.3 is 52.1 Å². The second-order valence-corrected chi connectivity index (χ2v) is 21.8. The van der Waals surface area contributed by atoms with Gasteiger partial charge >= 0.3 is 41.8 Å². The second-order valence-electron chi connectivity index (χ2n) is 21.8. The Bertz CT molecular complexity index is 3390. The molecule has 10 atom stereocenters. The van der Waals surface area contributed by atoms with Crippen molar-refractivity contribution < 1.29 is 85.7 Å². The van der Waals surface area contributed by atoms with Gasteiger partial charge in [-0.15, -0.1) is 0 Å². The van der Waals surface area contributed by atoms with E-state index in [2.05, 4.69) is 6.92 Å². The first-order valence-corrected chi connectivity index (χ1v) is 30.9. The second kappa shape index (κ2) is 34.6. The van der Waals surface area contributed by atoms with Crippen molar-refractivity contribution in [2.45, 2.75) is 133 Å². The molecule has 0 aliphatic carbocycles. The minimum absolute atomic E-state index is 0.0160. The van der Waals surface area contributed by atoms with Crippen LogP contribution in [0.4, 0.5) is 0 Å². The van der Waals surface area contributed by atoms with Gasteiger partial charge in [-0.25, -0.2) is 33.6 Å². The Kier molecular flexibility index (Phi) is 25.1. The van der Waals surface area contributed by atoms with Gasteiger partial charge in [0.25, 0.3) is 0 Å². The van der Waals surface area contributed by atoms with E-state index in [0.29, 0.717) is 6.42 Å². The highest BCUT2D eigenvalue weighted by Gasteiger charge is 2.59. The molecule has 0 amide bonds. The number of carbonyl (C=O) groups excluding carboxylic acids is 7. The Morgan fingerprint density at radius 2 is 0.560 bits per heavy atom. The largest absolute Gasteiger partial charge is 0.459 e. The summed E-state index contributed by atoms with van der Waals surface area (Å²) in [7, 11) is 0. The summed E-state index contributed by atoms with van der Waals surface area (Å²) in [6.07, 6.45) is -7.60. The lowest BCUT2D eigenvalue weighted by atomic mass is 9.95. The molecule has 18 nitrogen and oxygen atoms in total. The first-order chi connectivity index (χ1) is 44.5. The number of hydrogen-bond donors (Lipinski definition) is 0. The molecule has 474 valence electrons. The molecule has 2 aliphatic rings. The Morgan fingerprint density at radius 1 is 0.297 bits per heavy atom. The maximum absolute atomic E-state index is 14.8. The number of benzene rings is 7. The van der Waals surface area contributed by atoms with Crippen molar-refractivity contribution >= 4 is 41.8 Å². The molecule has 9 rings (SSSR count). The Hall–Kier alpha value is -9.33. The molecule has 0 N–H and O–H groups in total. The highest BCUT2D eigenvalue weighted by molar-refractivity contribution is 5.93. The van der Waals surface area contributed by atoms with Crippen LogP contribution in [0.5, 0.6) is 0 Å². The topological polar surface area (TPSA) is 221 Å². The Labute approximate surface area is 528 Å². The van der Waals surface area contributed by atoms with Crippen LogP contribution in [-0.4, -0.2) is 123 Å². The Balaban J connectivity index is 1.18. The van der Waals surface area contributed by atoms with E-state index in [1.54, 1.807) is 140 Å². The summed E-state index contributed by atoms with van der Waals surface area (Å²) < 4.78 is 71.4. The van der Waals surface area contributed by atoms with Crippen LogP contribution >= 0.6 is 0 Å². The van der Waals surface area contributed by atoms with Crippen LogP contribution in [0.2, 0.25) is 0 Å². The minimum Gasteiger partial charge on any atom is -0.459 e. The van der Waals surface area contributed by atoms with Gasteiger partial charge in [0.1, 0.15) is 31.5 Å². The normalized spacial score (nSPS) is 21.0. The molecule has 0 aromatic heterocycles. The minimum atomic E-state index is -2.05. The summed E-state index contributed by atoms with van der Waals surface area (Å²) in [4.78, 5) is 101. The van der Waals surface area contributed by atoms with Crippen molar-refractivity contribution in [2.75, 3.05) is 19.8 Å². The van der Waals surface area contributed by atoms with Crippen LogP contribution in [0.25, 0.3) is 0 Å². The molecule has 2 heterocycles. The van der Waals surface area contributed by atoms with E-state index >= 15 is 0 Å². The number of unbranched alkanes of at least 4 members (excludes halogenated alkanes) is 9. The van der Waals surface area contributed by atoms with E-state index in [9.17, 15) is 33.6 Å². The summed E-state index contributed by atoms with van der Waals surface area (Å²) in [5, 5.41) is 0. The molecular weight excluding hydrogens is 1160 g/mol. The average molecular weight is 1240 g/mol. The molecule has 0 bridgehead atoms. The van der Waals surface area contributed by atoms with E-state index in [4.69, 9.17) is 52.1 Å². The SMILES string of the molecule is CCCCCCCCCCCCO[C@@H]1O[C@H](COC(=O)c2ccccc2)[C@@H](OC(=O)c2ccccc2)[C@H](O[C@@H]2O[C@H](COC(=O)c3ccccc3)[C@@H](OC(=O)c3ccccc3)[C@H](OC(=O)c3ccccc3)[C@H]2OC(=O)c2ccccc2)[C@H]1OC(=O)c1ccccc1. The van der Waals surface area contributed by atoms with Crippen molar-refractivity contribution in [1.82, 2.24) is 0 Å². The maximum atomic E-state index is 14.8. The molecule has 0 radical (unpaired) electrons. The fourth-order valence-electron chi connectivity index (χ4n) is 10.5. The van der Waals surface area contributed by atoms with Gasteiger partial charge in [-0.2, -0.15) is 0 Å². The molecule has 0 unspecified atom stereocenters. The van der Waals surface area contributed by atoms with Crippen LogP contribution < -0.4 is 0 Å². The zero-order valence-electron chi connectivity index (χ0n) is 50.5. The molecule has 7 aromatic rings. The van der Waals surface area contributed by atoms with Gasteiger partial charge in [-0.05, 0) is 91.3 Å². The Morgan fingerprint density at radius 3 is 0.901 bits per heavy atom. The zero-order chi connectivity index (χ0) is 63.6. The number of carbonyl (C=O) groups is 7. The summed E-state index contributed by atoms with van der Waals surface area (Å²) in [6.45, 7) is 0.890. The van der Waals surface area contributed by atoms with Gasteiger partial charge in [0, 0.05) is 6.61 Å². The molecule has 7 aromatic carbocycles. The number of esters is 7. The molecule has 18 heteroatoms. The predicted octanol–water partition coefficient (Wildman–Crippen LogP) is 12.6. The molecule has 2 fully saturated rings. The fourth-order valence-corrected chi connectivity index (χ4v) is 10.5. The quantitative estimate of drug-likeness (QED) is 0.0232. The first kappa shape index (κ1) is 66.1. The van der Waals surface area contributed by atoms with Gasteiger partial charge in [-0.1, -0.05) is 192 Å². The van der Waals surface area contributed by atoms with E-state index in [1.807, 2.05) is 0 Å². The van der Waals surface area contributed by atoms with Gasteiger partial charge in [0.05, 0.1) is 38.9 Å². The first-order valence-electron chi connectivity index (χ1n) is 30.9. The lowest BCUT2D eigenvalue weighted by Crippen LogP contribution is -2.67. The standard InChI is InChI=1S/C73H74O18/c1-2-3-4-5-6-7-8-9-10-32-47-81-72-63(89-70(79)55-43-28-16-29-44-55)62(60(87-68(77)53-39-24-14-25-40-53)57(84-72)48-82-65(74)50-33-18-11-19-34-50)91-73-64(90-71(80)56-45-30-17-31-46-56)61(88-69(78)54-41-26-15-27-42-54)59(86-67(76)52-37-22-13-23-38-52)58(85-73)49-83-66(75)51-35-20-12-21-36-51/h11-31,33-46,57-64,72-73H,2-10,32,47-49H2,1H3/t57-,58-,59-,60-,61+,62+,63-,64-,72-,73+/m1/s1. The molecular formula is C73H74O18. The zero-order valence-corrected chi connectivity index (χ0v) is 50.5. The maximum Gasteiger partial charge on any atom is 0.338 e. The van der Waals surface area contributed by atoms with Crippen LogP contribution in [0.1, 0.15) is 144 Å². The molecule has 91 heavy (non-hydrogen) atoms. The summed E-state index contributed by atoms with van der Waals surface area (Å²) in [5.41, 5.74) is 0.584. The molecule has 2 saturated heterocycles. The third-order valence-electron chi connectivity index (χ3n) is 15.3. The number of hydrogen-bond acceptors (Lipinski definition) is 18. The van der Waals surface area contributed by atoms with E-state index in [1.165, 1.54) is 92.1 Å². The lowest BCUT2D eigenvalue weighted by molar-refractivity contribution is -0.357. The van der Waals surface area contributed by atoms with E-state index < -0.39 is 116 Å². The number of ether oxygens (including phenoxy) is 11. The highest BCUT2D eigenvalue weighted by Crippen LogP contribution is 2.38. The molecule has 0 saturated carbocycles. The molecule has 0 spiro atoms. The van der Waals surface area contributed by atoms with Crippen LogP contribution in [0.3, 0.4) is 0 Å². The monoisotopic (exact) mass is 1240 g/mol. The highest BCUT2D eigenvalue weighted by atomic mass is 16.8. The summed E-state index contributed by atoms with van der Waals surface area (Å²) in [5.74, 6) is -6.35. The molecule has 2 aliphatic heterocycles. The smallest absolute Gasteiger partial charge is 0.338 e. The van der Waals surface area contributed by atoms with Crippen LogP contribution in [-0.2, 0) is 52.1 Å². The third-order valence-corrected chi connectivity index (χ3v) is 15.3. The van der Waals surface area contributed by atoms with Crippen LogP contribution in [0.15, 0.2) is 212 Å². The van der Waals surface area contributed by atoms with Crippen molar-refractivity contribution in [2.24, 2.45) is 0 Å². The predicted molar refractivity (Wildman–Crippen MR) is 332 cm³/mol. The van der Waals surface area contributed by atoms with Crippen molar-refractivity contribution in [1.29, 1.82) is 0 Å².